The van der Waals surface area contributed by atoms with Crippen molar-refractivity contribution in [2.45, 2.75) is 130 Å². The van der Waals surface area contributed by atoms with Crippen LogP contribution in [0.25, 0.3) is 10.8 Å². The second-order valence-corrected chi connectivity index (χ2v) is 21.0. The number of aliphatic hydroxyl groups excluding tert-OH is 2. The zero-order valence-corrected chi connectivity index (χ0v) is 41.2. The van der Waals surface area contributed by atoms with Gasteiger partial charge >= 0.3 is 11.9 Å². The molecule has 0 saturated carbocycles. The highest BCUT2D eigenvalue weighted by molar-refractivity contribution is 7.99. The van der Waals surface area contributed by atoms with E-state index in [1.165, 1.54) is 20.3 Å². The van der Waals surface area contributed by atoms with Gasteiger partial charge < -0.3 is 54.9 Å². The average molecular weight is 948 g/mol. The lowest BCUT2D eigenvalue weighted by Crippen LogP contribution is -2.48. The fourth-order valence-corrected chi connectivity index (χ4v) is 11.3. The van der Waals surface area contributed by atoms with Gasteiger partial charge in [-0.2, -0.15) is 11.8 Å². The number of fused-ring (bicyclic) bond motifs is 13. The quantitative estimate of drug-likeness (QED) is 0.195. The summed E-state index contributed by atoms with van der Waals surface area (Å²) in [5.74, 6) is -4.16. The van der Waals surface area contributed by atoms with Gasteiger partial charge in [0.25, 0.3) is 11.7 Å². The third-order valence-electron chi connectivity index (χ3n) is 14.4. The summed E-state index contributed by atoms with van der Waals surface area (Å²) in [6.45, 7) is 18.4. The highest BCUT2D eigenvalue weighted by Gasteiger charge is 2.50. The van der Waals surface area contributed by atoms with Gasteiger partial charge in [0, 0.05) is 92.7 Å². The number of carbonyl (C=O) groups excluding carboxylic acids is 3. The molecule has 6 heterocycles. The van der Waals surface area contributed by atoms with Crippen LogP contribution in [0.2, 0.25) is 0 Å². The minimum Gasteiger partial charge on any atom is -0.507 e. The van der Waals surface area contributed by atoms with E-state index in [4.69, 9.17) is 28.9 Å². The number of nitrogens with one attached hydrogen (secondary N) is 2. The van der Waals surface area contributed by atoms with Gasteiger partial charge in [-0.15, -0.1) is 0 Å². The van der Waals surface area contributed by atoms with Gasteiger partial charge in [0.05, 0.1) is 40.9 Å². The van der Waals surface area contributed by atoms with Crippen molar-refractivity contribution in [3.63, 3.8) is 0 Å². The molecule has 0 unspecified atom stereocenters. The molecule has 2 aromatic rings. The lowest BCUT2D eigenvalue weighted by atomic mass is 9.78. The normalized spacial score (nSPS) is 32.4. The van der Waals surface area contributed by atoms with Gasteiger partial charge in [-0.05, 0) is 50.2 Å². The number of thioether (sulfide) groups is 1. The minimum atomic E-state index is -1.97. The number of allylic oxidation sites excluding steroid dienone is 2. The van der Waals surface area contributed by atoms with E-state index in [1.54, 1.807) is 58.9 Å². The van der Waals surface area contributed by atoms with Gasteiger partial charge in [-0.3, -0.25) is 19.6 Å². The summed E-state index contributed by atoms with van der Waals surface area (Å²) in [7, 11) is 1.49. The Morgan fingerprint density at radius 1 is 0.970 bits per heavy atom. The molecular formula is C50H69N5O11S. The van der Waals surface area contributed by atoms with Crippen molar-refractivity contribution in [2.24, 2.45) is 39.6 Å². The van der Waals surface area contributed by atoms with E-state index in [9.17, 15) is 34.8 Å². The summed E-state index contributed by atoms with van der Waals surface area (Å²) in [4.78, 5) is 55.1. The molecule has 1 spiro atoms. The first kappa shape index (κ1) is 50.2. The van der Waals surface area contributed by atoms with Crippen LogP contribution in [0.5, 0.6) is 17.2 Å². The van der Waals surface area contributed by atoms with E-state index in [0.717, 1.165) is 30.9 Å². The van der Waals surface area contributed by atoms with E-state index in [-0.39, 0.29) is 61.4 Å². The number of likely N-dealkylation sites (tertiary alicyclic amines) is 1. The van der Waals surface area contributed by atoms with Gasteiger partial charge in [0.1, 0.15) is 28.6 Å². The van der Waals surface area contributed by atoms with E-state index in [2.05, 4.69) is 29.4 Å². The molecule has 6 aliphatic rings. The molecule has 366 valence electrons. The molecule has 6 aliphatic heterocycles. The molecule has 2 aromatic carbocycles. The molecule has 2 amide bonds. The highest BCUT2D eigenvalue weighted by Crippen LogP contribution is 2.50. The summed E-state index contributed by atoms with van der Waals surface area (Å²) in [5.41, 5.74) is -0.575. The predicted octanol–water partition coefficient (Wildman–Crippen LogP) is 5.81. The van der Waals surface area contributed by atoms with Crippen LogP contribution in [0.15, 0.2) is 46.1 Å². The zero-order chi connectivity index (χ0) is 48.7. The first-order valence-electron chi connectivity index (χ1n) is 23.7. The maximum Gasteiger partial charge on any atom is 0.407 e. The van der Waals surface area contributed by atoms with Gasteiger partial charge in [0.2, 0.25) is 0 Å². The number of hydrogen-bond acceptors (Lipinski definition) is 15. The van der Waals surface area contributed by atoms with Gasteiger partial charge in [0.15, 0.2) is 11.4 Å². The standard InChI is InChI=1S/C50H69N5O11S/c1-25(2)24-55-19-17-50(18-20-55)53-37-34-35-42(58)31(8)45-36(34)46(60)49(9,66-45)64-21-14-33(63-10)28(5)44(65-48(62)51-32-15-22-67-23-16-32)30(7)41(57)29(6)40(56)26(3)12-11-13-27(4)47(61)52-39(43(35)59)38(37)54-50/h11-14,21,25-26,28-30,32-33,40-41,44,56-59H,15-20,22-24H2,1-10H3,(H,51,62)(H,52,61)/b12-11-,21-14-,27-13-/t26-,28+,29+,30+,33-,40-,41+,44+,49-/m0/s1. The Morgan fingerprint density at radius 2 is 1.64 bits per heavy atom. The number of aromatic hydroxyl groups is 2. The molecule has 17 heteroatoms. The van der Waals surface area contributed by atoms with Crippen molar-refractivity contribution in [3.05, 3.63) is 58.0 Å². The number of piperidine rings is 1. The molecule has 0 aromatic heterocycles. The van der Waals surface area contributed by atoms with Crippen molar-refractivity contribution >= 4 is 46.0 Å². The van der Waals surface area contributed by atoms with Crippen LogP contribution < -0.4 is 26.1 Å². The van der Waals surface area contributed by atoms with Crippen LogP contribution >= 0.6 is 11.8 Å². The second-order valence-electron chi connectivity index (χ2n) is 19.8. The molecule has 0 aliphatic carbocycles. The molecule has 2 fully saturated rings. The van der Waals surface area contributed by atoms with E-state index >= 15 is 0 Å². The topological polar surface area (TPSA) is 221 Å². The van der Waals surface area contributed by atoms with Crippen LogP contribution in [0.1, 0.15) is 97.0 Å². The van der Waals surface area contributed by atoms with Crippen LogP contribution in [0, 0.1) is 36.5 Å². The Balaban J connectivity index is 1.34. The number of phenols is 2. The number of benzene rings is 2. The van der Waals surface area contributed by atoms with Crippen molar-refractivity contribution in [2.75, 3.05) is 43.6 Å². The third-order valence-corrected chi connectivity index (χ3v) is 15.4. The van der Waals surface area contributed by atoms with Crippen LogP contribution in [0.3, 0.4) is 0 Å². The third kappa shape index (κ3) is 9.94. The number of rotatable bonds is 5. The molecule has 5 bridgehead atoms. The Bertz CT molecular complexity index is 2460. The fourth-order valence-electron chi connectivity index (χ4n) is 10.2. The van der Waals surface area contributed by atoms with Crippen LogP contribution in [-0.4, -0.2) is 123 Å². The predicted molar refractivity (Wildman–Crippen MR) is 256 cm³/mol. The monoisotopic (exact) mass is 947 g/mol. The summed E-state index contributed by atoms with van der Waals surface area (Å²) in [6, 6.07) is -0.0527. The number of hydrogen-bond donors (Lipinski definition) is 6. The highest BCUT2D eigenvalue weighted by atomic mass is 32.2. The number of ketones is 1. The molecule has 9 atom stereocenters. The molecule has 67 heavy (non-hydrogen) atoms. The number of ether oxygens (including phenoxy) is 4. The molecule has 6 N–H and O–H groups in total. The van der Waals surface area contributed by atoms with Crippen molar-refractivity contribution in [1.82, 2.24) is 10.2 Å². The minimum absolute atomic E-state index is 0.0375. The summed E-state index contributed by atoms with van der Waals surface area (Å²) in [6.07, 6.45) is 5.97. The smallest absolute Gasteiger partial charge is 0.407 e. The lowest BCUT2D eigenvalue weighted by Gasteiger charge is -2.38. The Kier molecular flexibility index (Phi) is 15.1. The van der Waals surface area contributed by atoms with Gasteiger partial charge in [-0.1, -0.05) is 59.8 Å². The molecular weight excluding hydrogens is 879 g/mol. The number of alkyl carbamates (subject to hydrolysis) is 1. The number of aliphatic hydroxyl groups is 2. The SMILES string of the molecule is CO[C@H]1/C=C\O[C@@]2(C)Oc3c(C)c(O)c4c(O)c(c5c(c4c3C2=O)=NC2(CCN(CC(C)C)CC2)N=5)NC(=O)/C(C)=C\C=C/[C@H](C)[C@H](O)[C@@H](C)[C@@H](O)[C@@H](C)[C@H](OC(=O)NC2CCSCC2)[C@@H]1C. The first-order chi connectivity index (χ1) is 31.7. The van der Waals surface area contributed by atoms with Crippen LogP contribution in [0.4, 0.5) is 10.5 Å². The summed E-state index contributed by atoms with van der Waals surface area (Å²) in [5, 5.41) is 53.9. The number of Topliss-reactive ketones (excluding diaryl/α,β-unsaturated/α-hetero) is 1. The Hall–Kier alpha value is -4.68. The largest absolute Gasteiger partial charge is 0.507 e. The summed E-state index contributed by atoms with van der Waals surface area (Å²) < 4.78 is 24.6. The lowest BCUT2D eigenvalue weighted by molar-refractivity contribution is -0.112. The van der Waals surface area contributed by atoms with E-state index < -0.39 is 83.1 Å². The molecule has 16 nitrogen and oxygen atoms in total. The number of amides is 2. The number of phenolic OH excluding ortho intramolecular Hbond substituents is 2. The first-order valence-corrected chi connectivity index (χ1v) is 24.8. The number of methoxy groups -OCH3 is 1. The molecule has 8 rings (SSSR count). The molecule has 2 saturated heterocycles. The maximum atomic E-state index is 14.9. The molecule has 0 radical (unpaired) electrons. The second kappa shape index (κ2) is 20.1. The van der Waals surface area contributed by atoms with E-state index in [0.29, 0.717) is 31.8 Å². The number of nitrogens with zero attached hydrogens (tertiary/aromatic N) is 3. The maximum absolute atomic E-state index is 14.9. The number of anilines is 1. The van der Waals surface area contributed by atoms with Crippen molar-refractivity contribution < 1.29 is 53.8 Å². The fraction of sp³-hybridized carbons (Fsp3) is 0.620. The van der Waals surface area contributed by atoms with Crippen molar-refractivity contribution in [3.8, 4) is 17.2 Å². The van der Waals surface area contributed by atoms with E-state index in [1.807, 2.05) is 18.7 Å². The number of carbonyl (C=O) groups is 3. The van der Waals surface area contributed by atoms with Gasteiger partial charge in [-0.25, -0.2) is 4.79 Å². The van der Waals surface area contributed by atoms with Crippen molar-refractivity contribution in [1.29, 1.82) is 0 Å². The Morgan fingerprint density at radius 3 is 2.30 bits per heavy atom. The average Bonchev–Trinajstić information content (AvgIpc) is 3.80. The summed E-state index contributed by atoms with van der Waals surface area (Å²) >= 11 is 1.83. The Labute approximate surface area is 397 Å². The van der Waals surface area contributed by atoms with Crippen LogP contribution in [-0.2, 0) is 19.0 Å². The zero-order valence-electron chi connectivity index (χ0n) is 40.4.